The van der Waals surface area contributed by atoms with Gasteiger partial charge in [0.2, 0.25) is 0 Å². The first-order chi connectivity index (χ1) is 22.6. The molecule has 22 heteroatoms. The van der Waals surface area contributed by atoms with Crippen LogP contribution in [0, 0.1) is 6.92 Å². The molecule has 0 amide bonds. The number of nitrogens with zero attached hydrogens (tertiary/aromatic N) is 6. The first-order valence-electron chi connectivity index (χ1n) is 13.3. The SMILES string of the molecule is Cc1ccc(CN2CCN(c3nccn4c(-c5ccncc5)cnc34)CC2)s1.O=C(O)C(F)(F)F.O=C(O)C(F)(F)F.O=C(O)C(F)(F)F. The van der Waals surface area contributed by atoms with Crippen molar-refractivity contribution < 1.29 is 69.2 Å². The van der Waals surface area contributed by atoms with Crippen molar-refractivity contribution in [3.05, 3.63) is 65.0 Å². The second-order valence-electron chi connectivity index (χ2n) is 9.51. The van der Waals surface area contributed by atoms with E-state index in [4.69, 9.17) is 29.7 Å². The van der Waals surface area contributed by atoms with E-state index in [1.54, 1.807) is 0 Å². The number of piperazine rings is 1. The lowest BCUT2D eigenvalue weighted by atomic mass is 10.2. The number of imidazole rings is 1. The average Bonchev–Trinajstić information content (AvgIpc) is 3.63. The second kappa shape index (κ2) is 16.9. The molecule has 0 spiro atoms. The molecule has 0 bridgehead atoms. The van der Waals surface area contributed by atoms with Crippen LogP contribution >= 0.6 is 11.3 Å². The lowest BCUT2D eigenvalue weighted by Crippen LogP contribution is -2.46. The zero-order chi connectivity index (χ0) is 37.2. The fourth-order valence-corrected chi connectivity index (χ4v) is 4.71. The Bertz CT molecular complexity index is 1630. The van der Waals surface area contributed by atoms with Crippen LogP contribution in [0.25, 0.3) is 16.9 Å². The van der Waals surface area contributed by atoms with Crippen LogP contribution in [0.15, 0.2) is 55.2 Å². The number of aryl methyl sites for hydroxylation is 1. The van der Waals surface area contributed by atoms with E-state index in [1.807, 2.05) is 54.5 Å². The van der Waals surface area contributed by atoms with Crippen molar-refractivity contribution in [3.63, 3.8) is 0 Å². The summed E-state index contributed by atoms with van der Waals surface area (Å²) in [6.07, 6.45) is -5.85. The monoisotopic (exact) mass is 732 g/mol. The van der Waals surface area contributed by atoms with E-state index in [-0.39, 0.29) is 0 Å². The van der Waals surface area contributed by atoms with Crippen LogP contribution < -0.4 is 4.90 Å². The highest BCUT2D eigenvalue weighted by molar-refractivity contribution is 7.11. The van der Waals surface area contributed by atoms with Crippen LogP contribution in [0.4, 0.5) is 45.3 Å². The maximum atomic E-state index is 10.6. The summed E-state index contributed by atoms with van der Waals surface area (Å²) in [7, 11) is 0. The zero-order valence-corrected chi connectivity index (χ0v) is 25.6. The molecule has 5 rings (SSSR count). The topological polar surface area (TPSA) is 161 Å². The van der Waals surface area contributed by atoms with Gasteiger partial charge in [0.15, 0.2) is 11.5 Å². The van der Waals surface area contributed by atoms with Gasteiger partial charge in [-0.2, -0.15) is 39.5 Å². The van der Waals surface area contributed by atoms with Crippen LogP contribution in [0.2, 0.25) is 0 Å². The molecule has 0 saturated carbocycles. The summed E-state index contributed by atoms with van der Waals surface area (Å²) in [5, 5.41) is 21.4. The van der Waals surface area contributed by atoms with Crippen molar-refractivity contribution in [2.24, 2.45) is 0 Å². The van der Waals surface area contributed by atoms with Gasteiger partial charge in [-0.25, -0.2) is 24.4 Å². The van der Waals surface area contributed by atoms with Gasteiger partial charge in [-0.1, -0.05) is 0 Å². The molecule has 4 aromatic rings. The maximum absolute atomic E-state index is 10.6. The largest absolute Gasteiger partial charge is 0.490 e. The van der Waals surface area contributed by atoms with Crippen molar-refractivity contribution in [2.75, 3.05) is 31.1 Å². The molecular weight excluding hydrogens is 707 g/mol. The number of rotatable bonds is 4. The average molecular weight is 733 g/mol. The lowest BCUT2D eigenvalue weighted by molar-refractivity contribution is -0.193. The number of anilines is 1. The first kappa shape index (κ1) is 40.2. The Balaban J connectivity index is 0.000000325. The number of alkyl halides is 9. The third-order valence-corrected chi connectivity index (χ3v) is 6.95. The molecule has 1 fully saturated rings. The molecule has 12 nitrogen and oxygen atoms in total. The van der Waals surface area contributed by atoms with Gasteiger partial charge in [0.05, 0.1) is 11.9 Å². The Labute approximate surface area is 273 Å². The second-order valence-corrected chi connectivity index (χ2v) is 10.9. The molecule has 0 aliphatic carbocycles. The Morgan fingerprint density at radius 1 is 0.755 bits per heavy atom. The van der Waals surface area contributed by atoms with Crippen LogP contribution in [-0.4, -0.2) is 102 Å². The Hall–Kier alpha value is -4.99. The van der Waals surface area contributed by atoms with Gasteiger partial charge in [-0.3, -0.25) is 14.3 Å². The van der Waals surface area contributed by atoms with E-state index in [0.29, 0.717) is 0 Å². The van der Waals surface area contributed by atoms with Crippen LogP contribution in [0.5, 0.6) is 0 Å². The van der Waals surface area contributed by atoms with E-state index >= 15 is 0 Å². The van der Waals surface area contributed by atoms with Gasteiger partial charge in [0.1, 0.15) is 0 Å². The number of carbonyl (C=O) groups is 3. The van der Waals surface area contributed by atoms with Crippen molar-refractivity contribution in [1.82, 2.24) is 24.3 Å². The summed E-state index contributed by atoms with van der Waals surface area (Å²) in [6.45, 7) is 7.22. The molecule has 1 aliphatic heterocycles. The fraction of sp³-hybridized carbons (Fsp3) is 0.333. The summed E-state index contributed by atoms with van der Waals surface area (Å²) in [5.74, 6) is -7.30. The summed E-state index contributed by atoms with van der Waals surface area (Å²) >= 11 is 1.90. The smallest absolute Gasteiger partial charge is 0.475 e. The minimum Gasteiger partial charge on any atom is -0.475 e. The number of halogens is 9. The number of aromatic nitrogens is 4. The van der Waals surface area contributed by atoms with Gasteiger partial charge >= 0.3 is 36.4 Å². The van der Waals surface area contributed by atoms with Crippen LogP contribution in [0.3, 0.4) is 0 Å². The van der Waals surface area contributed by atoms with E-state index in [1.165, 1.54) is 9.75 Å². The highest BCUT2D eigenvalue weighted by Gasteiger charge is 2.39. The number of thiophene rings is 1. The standard InChI is InChI=1S/C21H22N6S.3C2HF3O2/c1-16-2-3-18(28-16)15-25-10-12-26(13-11-25)20-21-24-14-19(27(21)9-8-23-20)17-4-6-22-7-5-17;3*3-2(4,5)1(6)7/h2-9,14H,10-13,15H2,1H3;3*(H,6,7). The predicted octanol–water partition coefficient (Wildman–Crippen LogP) is 5.38. The Morgan fingerprint density at radius 3 is 1.67 bits per heavy atom. The number of carboxylic acids is 3. The van der Waals surface area contributed by atoms with Gasteiger partial charge in [0.25, 0.3) is 0 Å². The van der Waals surface area contributed by atoms with E-state index < -0.39 is 36.4 Å². The lowest BCUT2D eigenvalue weighted by Gasteiger charge is -2.35. The third kappa shape index (κ3) is 12.9. The fourth-order valence-electron chi connectivity index (χ4n) is 3.77. The van der Waals surface area contributed by atoms with E-state index in [9.17, 15) is 39.5 Å². The van der Waals surface area contributed by atoms with Crippen molar-refractivity contribution >= 4 is 40.7 Å². The maximum Gasteiger partial charge on any atom is 0.490 e. The van der Waals surface area contributed by atoms with E-state index in [0.717, 1.165) is 55.4 Å². The normalized spacial score (nSPS) is 13.6. The molecule has 1 saturated heterocycles. The zero-order valence-electron chi connectivity index (χ0n) is 24.8. The molecule has 49 heavy (non-hydrogen) atoms. The number of pyridine rings is 1. The summed E-state index contributed by atoms with van der Waals surface area (Å²) < 4.78 is 97.3. The highest BCUT2D eigenvalue weighted by atomic mass is 32.1. The number of hydrogen-bond donors (Lipinski definition) is 3. The van der Waals surface area contributed by atoms with Crippen LogP contribution in [-0.2, 0) is 20.9 Å². The number of carboxylic acid groups (broad SMARTS) is 3. The minimum absolute atomic E-state index is 0.914. The minimum atomic E-state index is -5.08. The summed E-state index contributed by atoms with van der Waals surface area (Å²) in [4.78, 5) is 47.9. The molecule has 0 aromatic carbocycles. The molecule has 268 valence electrons. The van der Waals surface area contributed by atoms with Gasteiger partial charge in [-0.05, 0) is 31.2 Å². The summed E-state index contributed by atoms with van der Waals surface area (Å²) in [6, 6.07) is 8.47. The highest BCUT2D eigenvalue weighted by Crippen LogP contribution is 2.26. The third-order valence-electron chi connectivity index (χ3n) is 5.96. The van der Waals surface area contributed by atoms with Gasteiger partial charge in [-0.15, -0.1) is 11.3 Å². The molecule has 1 aliphatic rings. The molecule has 0 atom stereocenters. The Morgan fingerprint density at radius 2 is 1.24 bits per heavy atom. The number of hydrogen-bond acceptors (Lipinski definition) is 9. The molecule has 3 N–H and O–H groups in total. The van der Waals surface area contributed by atoms with Crippen molar-refractivity contribution in [2.45, 2.75) is 32.0 Å². The number of aliphatic carboxylic acids is 3. The number of fused-ring (bicyclic) bond motifs is 1. The summed E-state index contributed by atoms with van der Waals surface area (Å²) in [5.41, 5.74) is 3.08. The molecule has 0 radical (unpaired) electrons. The van der Waals surface area contributed by atoms with Gasteiger partial charge < -0.3 is 20.2 Å². The predicted molar refractivity (Wildman–Crippen MR) is 154 cm³/mol. The Kier molecular flexibility index (Phi) is 13.9. The van der Waals surface area contributed by atoms with Gasteiger partial charge in [0, 0.05) is 72.8 Å². The quantitative estimate of drug-likeness (QED) is 0.231. The van der Waals surface area contributed by atoms with E-state index in [2.05, 4.69) is 48.2 Å². The molecule has 0 unspecified atom stereocenters. The van der Waals surface area contributed by atoms with Crippen molar-refractivity contribution in [3.8, 4) is 11.3 Å². The molecular formula is C27H25F9N6O6S. The van der Waals surface area contributed by atoms with Crippen molar-refractivity contribution in [1.29, 1.82) is 0 Å². The molecule has 5 heterocycles. The molecule has 4 aromatic heterocycles. The van der Waals surface area contributed by atoms with Crippen LogP contribution in [0.1, 0.15) is 9.75 Å². The first-order valence-corrected chi connectivity index (χ1v) is 14.1.